The highest BCUT2D eigenvalue weighted by Crippen LogP contribution is 2.14. The predicted molar refractivity (Wildman–Crippen MR) is 106 cm³/mol. The third-order valence-corrected chi connectivity index (χ3v) is 3.94. The number of rotatable bonds is 6. The lowest BCUT2D eigenvalue weighted by molar-refractivity contribution is 0.0953. The Balaban J connectivity index is 1.68. The van der Waals surface area contributed by atoms with E-state index in [2.05, 4.69) is 15.8 Å². The average molecular weight is 377 g/mol. The fourth-order valence-corrected chi connectivity index (χ4v) is 2.45. The molecule has 0 saturated carbocycles. The van der Waals surface area contributed by atoms with Crippen molar-refractivity contribution < 1.29 is 18.7 Å². The van der Waals surface area contributed by atoms with E-state index in [1.807, 2.05) is 6.07 Å². The molecule has 3 aromatic rings. The summed E-state index contributed by atoms with van der Waals surface area (Å²) in [5.74, 6) is 0.123. The summed E-state index contributed by atoms with van der Waals surface area (Å²) < 4.78 is 10.2. The summed E-state index contributed by atoms with van der Waals surface area (Å²) in [5, 5.41) is 6.90. The van der Waals surface area contributed by atoms with Gasteiger partial charge in [0.15, 0.2) is 5.76 Å². The normalized spacial score (nSPS) is 11.0. The Hall–Kier alpha value is -3.87. The molecule has 7 nitrogen and oxygen atoms in total. The number of nitrogens with zero attached hydrogens (tertiary/aromatic N) is 1. The number of hydrogen-bond donors (Lipinski definition) is 2. The SMILES string of the molecule is COc1cccc(C(=O)N/N=C(\C)c2cccc(NC(=O)c3ccco3)c2)c1. The van der Waals surface area contributed by atoms with Crippen molar-refractivity contribution >= 4 is 23.2 Å². The van der Waals surface area contributed by atoms with Crippen molar-refractivity contribution in [3.63, 3.8) is 0 Å². The molecule has 28 heavy (non-hydrogen) atoms. The van der Waals surface area contributed by atoms with Crippen LogP contribution in [0.15, 0.2) is 76.4 Å². The summed E-state index contributed by atoms with van der Waals surface area (Å²) in [6.45, 7) is 1.76. The molecule has 0 radical (unpaired) electrons. The molecule has 0 spiro atoms. The molecule has 0 atom stereocenters. The van der Waals surface area contributed by atoms with Gasteiger partial charge in [0.05, 0.1) is 19.1 Å². The largest absolute Gasteiger partial charge is 0.497 e. The number of carbonyl (C=O) groups is 2. The minimum Gasteiger partial charge on any atom is -0.497 e. The number of furan rings is 1. The number of methoxy groups -OCH3 is 1. The average Bonchev–Trinajstić information content (AvgIpc) is 3.27. The molecule has 0 unspecified atom stereocenters. The zero-order valence-electron chi connectivity index (χ0n) is 15.4. The van der Waals surface area contributed by atoms with Crippen LogP contribution in [0.4, 0.5) is 5.69 Å². The van der Waals surface area contributed by atoms with Crippen LogP contribution in [0.5, 0.6) is 5.75 Å². The van der Waals surface area contributed by atoms with Crippen molar-refractivity contribution in [3.8, 4) is 5.75 Å². The van der Waals surface area contributed by atoms with Crippen molar-refractivity contribution in [1.29, 1.82) is 0 Å². The summed E-state index contributed by atoms with van der Waals surface area (Å²) in [6.07, 6.45) is 1.44. The van der Waals surface area contributed by atoms with Crippen LogP contribution in [0, 0.1) is 0 Å². The second-order valence-corrected chi connectivity index (χ2v) is 5.88. The Bertz CT molecular complexity index is 1010. The van der Waals surface area contributed by atoms with E-state index in [0.717, 1.165) is 5.56 Å². The predicted octanol–water partition coefficient (Wildman–Crippen LogP) is 3.69. The van der Waals surface area contributed by atoms with Gasteiger partial charge in [0, 0.05) is 11.3 Å². The molecule has 0 saturated heterocycles. The number of carbonyl (C=O) groups excluding carboxylic acids is 2. The lowest BCUT2D eigenvalue weighted by Gasteiger charge is -2.07. The number of amides is 2. The number of nitrogens with one attached hydrogen (secondary N) is 2. The number of anilines is 1. The molecule has 142 valence electrons. The Kier molecular flexibility index (Phi) is 5.86. The van der Waals surface area contributed by atoms with E-state index in [0.29, 0.717) is 22.7 Å². The topological polar surface area (TPSA) is 92.9 Å². The first-order valence-corrected chi connectivity index (χ1v) is 8.51. The van der Waals surface area contributed by atoms with Crippen LogP contribution in [0.1, 0.15) is 33.4 Å². The maximum Gasteiger partial charge on any atom is 0.291 e. The van der Waals surface area contributed by atoms with Gasteiger partial charge in [-0.3, -0.25) is 9.59 Å². The second kappa shape index (κ2) is 8.68. The van der Waals surface area contributed by atoms with Crippen LogP contribution in [-0.4, -0.2) is 24.6 Å². The van der Waals surface area contributed by atoms with Gasteiger partial charge >= 0.3 is 0 Å². The molecular formula is C21H19N3O4. The van der Waals surface area contributed by atoms with Crippen molar-refractivity contribution in [2.45, 2.75) is 6.92 Å². The van der Waals surface area contributed by atoms with Crippen molar-refractivity contribution in [1.82, 2.24) is 5.43 Å². The minimum atomic E-state index is -0.347. The van der Waals surface area contributed by atoms with Crippen molar-refractivity contribution in [2.24, 2.45) is 5.10 Å². The smallest absolute Gasteiger partial charge is 0.291 e. The summed E-state index contributed by atoms with van der Waals surface area (Å²) in [6, 6.07) is 17.2. The molecule has 1 heterocycles. The third kappa shape index (κ3) is 4.64. The van der Waals surface area contributed by atoms with Crippen LogP contribution in [0.25, 0.3) is 0 Å². The van der Waals surface area contributed by atoms with Gasteiger partial charge in [-0.25, -0.2) is 5.43 Å². The Morgan fingerprint density at radius 2 is 1.75 bits per heavy atom. The quantitative estimate of drug-likeness (QED) is 0.506. The van der Waals surface area contributed by atoms with Crippen LogP contribution < -0.4 is 15.5 Å². The molecule has 1 aromatic heterocycles. The van der Waals surface area contributed by atoms with Crippen LogP contribution >= 0.6 is 0 Å². The lowest BCUT2D eigenvalue weighted by Crippen LogP contribution is -2.19. The van der Waals surface area contributed by atoms with Gasteiger partial charge in [-0.15, -0.1) is 0 Å². The summed E-state index contributed by atoms with van der Waals surface area (Å²) in [4.78, 5) is 24.3. The maximum absolute atomic E-state index is 12.3. The number of benzene rings is 2. The van der Waals surface area contributed by atoms with Crippen LogP contribution in [0.2, 0.25) is 0 Å². The van der Waals surface area contributed by atoms with Gasteiger partial charge in [0.2, 0.25) is 0 Å². The van der Waals surface area contributed by atoms with Gasteiger partial charge in [-0.05, 0) is 55.0 Å². The number of hydrogen-bond acceptors (Lipinski definition) is 5. The molecule has 7 heteroatoms. The minimum absolute atomic E-state index is 0.223. The summed E-state index contributed by atoms with van der Waals surface area (Å²) in [7, 11) is 1.54. The molecule has 0 bridgehead atoms. The van der Waals surface area contributed by atoms with E-state index < -0.39 is 0 Å². The van der Waals surface area contributed by atoms with E-state index in [9.17, 15) is 9.59 Å². The maximum atomic E-state index is 12.3. The van der Waals surface area contributed by atoms with E-state index in [1.165, 1.54) is 13.4 Å². The van der Waals surface area contributed by atoms with Crippen molar-refractivity contribution in [3.05, 3.63) is 83.8 Å². The first-order valence-electron chi connectivity index (χ1n) is 8.51. The molecule has 3 rings (SSSR count). The van der Waals surface area contributed by atoms with Crippen LogP contribution in [-0.2, 0) is 0 Å². The lowest BCUT2D eigenvalue weighted by atomic mass is 10.1. The monoisotopic (exact) mass is 377 g/mol. The Morgan fingerprint density at radius 1 is 0.964 bits per heavy atom. The van der Waals surface area contributed by atoms with E-state index in [-0.39, 0.29) is 17.6 Å². The molecule has 0 fully saturated rings. The Morgan fingerprint density at radius 3 is 2.50 bits per heavy atom. The standard InChI is InChI=1S/C21H19N3O4/c1-14(23-24-20(25)16-7-4-9-18(13-16)27-2)15-6-3-8-17(12-15)22-21(26)19-10-5-11-28-19/h3-13H,1-2H3,(H,22,26)(H,24,25)/b23-14+. The van der Waals surface area contributed by atoms with Crippen LogP contribution in [0.3, 0.4) is 0 Å². The second-order valence-electron chi connectivity index (χ2n) is 5.88. The summed E-state index contributed by atoms with van der Waals surface area (Å²) >= 11 is 0. The van der Waals surface area contributed by atoms with Gasteiger partial charge < -0.3 is 14.5 Å². The Labute approximate surface area is 162 Å². The van der Waals surface area contributed by atoms with E-state index >= 15 is 0 Å². The van der Waals surface area contributed by atoms with Crippen molar-refractivity contribution in [2.75, 3.05) is 12.4 Å². The fraction of sp³-hybridized carbons (Fsp3) is 0.0952. The summed E-state index contributed by atoms with van der Waals surface area (Å²) in [5.41, 5.74) is 4.89. The molecule has 2 N–H and O–H groups in total. The fourth-order valence-electron chi connectivity index (χ4n) is 2.45. The van der Waals surface area contributed by atoms with E-state index in [4.69, 9.17) is 9.15 Å². The molecule has 0 aliphatic rings. The van der Waals surface area contributed by atoms with E-state index in [1.54, 1.807) is 61.5 Å². The van der Waals surface area contributed by atoms with Gasteiger partial charge in [0.25, 0.3) is 11.8 Å². The first kappa shape index (κ1) is 18.9. The van der Waals surface area contributed by atoms with Gasteiger partial charge in [-0.2, -0.15) is 5.10 Å². The van der Waals surface area contributed by atoms with Gasteiger partial charge in [-0.1, -0.05) is 18.2 Å². The highest BCUT2D eigenvalue weighted by molar-refractivity contribution is 6.04. The number of hydrazone groups is 1. The molecule has 2 aromatic carbocycles. The molecule has 0 aliphatic carbocycles. The first-order chi connectivity index (χ1) is 13.6. The zero-order chi connectivity index (χ0) is 19.9. The van der Waals surface area contributed by atoms with Gasteiger partial charge in [0.1, 0.15) is 5.75 Å². The molecular weight excluding hydrogens is 358 g/mol. The zero-order valence-corrected chi connectivity index (χ0v) is 15.4. The molecule has 2 amide bonds. The third-order valence-electron chi connectivity index (χ3n) is 3.94. The highest BCUT2D eigenvalue weighted by Gasteiger charge is 2.10. The molecule has 0 aliphatic heterocycles. The number of ether oxygens (including phenoxy) is 1. The highest BCUT2D eigenvalue weighted by atomic mass is 16.5.